The molecule has 0 bridgehead atoms. The van der Waals surface area contributed by atoms with Crippen molar-refractivity contribution in [2.24, 2.45) is 0 Å². The Morgan fingerprint density at radius 1 is 1.13 bits per heavy atom. The molecule has 4 nitrogen and oxygen atoms in total. The van der Waals surface area contributed by atoms with Crippen LogP contribution in [0.25, 0.3) is 0 Å². The molecule has 1 atom stereocenters. The van der Waals surface area contributed by atoms with Gasteiger partial charge in [-0.05, 0) is 49.2 Å². The number of carbonyl (C=O) groups excluding carboxylic acids is 2. The smallest absolute Gasteiger partial charge is 0.256 e. The van der Waals surface area contributed by atoms with E-state index in [4.69, 9.17) is 0 Å². The van der Waals surface area contributed by atoms with Crippen LogP contribution in [0.2, 0.25) is 0 Å². The number of halogens is 1. The van der Waals surface area contributed by atoms with E-state index in [1.807, 2.05) is 32.0 Å². The van der Waals surface area contributed by atoms with Gasteiger partial charge in [0.2, 0.25) is 5.91 Å². The summed E-state index contributed by atoms with van der Waals surface area (Å²) in [5.74, 6) is -0.955. The van der Waals surface area contributed by atoms with Crippen LogP contribution in [0, 0.1) is 19.7 Å². The molecule has 2 aromatic carbocycles. The summed E-state index contributed by atoms with van der Waals surface area (Å²) >= 11 is 0. The van der Waals surface area contributed by atoms with E-state index >= 15 is 0 Å². The monoisotopic (exact) mass is 312 g/mol. The van der Waals surface area contributed by atoms with Gasteiger partial charge in [-0.1, -0.05) is 18.2 Å². The summed E-state index contributed by atoms with van der Waals surface area (Å²) in [7, 11) is 0. The van der Waals surface area contributed by atoms with Crippen LogP contribution >= 0.6 is 0 Å². The fourth-order valence-electron chi connectivity index (χ4n) is 2.74. The normalized spacial score (nSPS) is 17.7. The van der Waals surface area contributed by atoms with Crippen molar-refractivity contribution in [3.63, 3.8) is 0 Å². The summed E-state index contributed by atoms with van der Waals surface area (Å²) in [6, 6.07) is 10.8. The van der Waals surface area contributed by atoms with Gasteiger partial charge in [-0.2, -0.15) is 0 Å². The summed E-state index contributed by atoms with van der Waals surface area (Å²) in [6.45, 7) is 3.78. The van der Waals surface area contributed by atoms with Crippen LogP contribution in [0.1, 0.15) is 17.5 Å². The predicted octanol–water partition coefficient (Wildman–Crippen LogP) is 3.19. The Balaban J connectivity index is 1.87. The quantitative estimate of drug-likeness (QED) is 0.886. The van der Waals surface area contributed by atoms with E-state index in [9.17, 15) is 14.0 Å². The average Bonchev–Trinajstić information content (AvgIpc) is 2.76. The number of hydrogen-bond acceptors (Lipinski definition) is 3. The first-order valence-corrected chi connectivity index (χ1v) is 7.42. The summed E-state index contributed by atoms with van der Waals surface area (Å²) in [5, 5.41) is 2.94. The maximum Gasteiger partial charge on any atom is 0.256 e. The number of benzene rings is 2. The zero-order chi connectivity index (χ0) is 16.6. The van der Waals surface area contributed by atoms with Crippen molar-refractivity contribution in [1.29, 1.82) is 0 Å². The fourth-order valence-corrected chi connectivity index (χ4v) is 2.74. The van der Waals surface area contributed by atoms with Crippen LogP contribution < -0.4 is 10.2 Å². The lowest BCUT2D eigenvalue weighted by atomic mass is 10.1. The summed E-state index contributed by atoms with van der Waals surface area (Å²) < 4.78 is 13.3. The first-order chi connectivity index (χ1) is 11.0. The van der Waals surface area contributed by atoms with E-state index in [1.54, 1.807) is 12.1 Å². The number of rotatable bonds is 3. The SMILES string of the molecule is Cc1ccc(C)c(N2C(=O)CC(Nc3cccc(F)c3)C2=O)c1. The Morgan fingerprint density at radius 2 is 1.91 bits per heavy atom. The van der Waals surface area contributed by atoms with Gasteiger partial charge in [0.15, 0.2) is 0 Å². The molecule has 2 amide bonds. The maximum absolute atomic E-state index is 13.3. The largest absolute Gasteiger partial charge is 0.373 e. The van der Waals surface area contributed by atoms with Crippen molar-refractivity contribution in [1.82, 2.24) is 0 Å². The minimum absolute atomic E-state index is 0.0583. The number of nitrogens with zero attached hydrogens (tertiary/aromatic N) is 1. The van der Waals surface area contributed by atoms with E-state index in [-0.39, 0.29) is 18.2 Å². The number of aryl methyl sites for hydroxylation is 2. The lowest BCUT2D eigenvalue weighted by Gasteiger charge is -2.18. The van der Waals surface area contributed by atoms with E-state index in [1.165, 1.54) is 17.0 Å². The van der Waals surface area contributed by atoms with Gasteiger partial charge >= 0.3 is 0 Å². The second-order valence-electron chi connectivity index (χ2n) is 5.77. The summed E-state index contributed by atoms with van der Waals surface area (Å²) in [5.41, 5.74) is 2.94. The minimum atomic E-state index is -0.677. The highest BCUT2D eigenvalue weighted by atomic mass is 19.1. The predicted molar refractivity (Wildman–Crippen MR) is 86.8 cm³/mol. The van der Waals surface area contributed by atoms with Crippen LogP contribution in [0.5, 0.6) is 0 Å². The van der Waals surface area contributed by atoms with E-state index in [0.29, 0.717) is 11.4 Å². The molecule has 0 spiro atoms. The molecule has 1 aliphatic heterocycles. The molecule has 5 heteroatoms. The third-order valence-corrected chi connectivity index (χ3v) is 3.92. The Hall–Kier alpha value is -2.69. The number of amides is 2. The second-order valence-corrected chi connectivity index (χ2v) is 5.77. The maximum atomic E-state index is 13.3. The Kier molecular flexibility index (Phi) is 3.86. The van der Waals surface area contributed by atoms with Crippen molar-refractivity contribution >= 4 is 23.2 Å². The Bertz CT molecular complexity index is 788. The second kappa shape index (κ2) is 5.83. The molecule has 1 fully saturated rings. The molecule has 23 heavy (non-hydrogen) atoms. The zero-order valence-corrected chi connectivity index (χ0v) is 13.0. The molecule has 1 N–H and O–H groups in total. The highest BCUT2D eigenvalue weighted by molar-refractivity contribution is 6.23. The van der Waals surface area contributed by atoms with Crippen molar-refractivity contribution < 1.29 is 14.0 Å². The molecular formula is C18H17FN2O2. The molecule has 0 aromatic heterocycles. The lowest BCUT2D eigenvalue weighted by molar-refractivity contribution is -0.121. The standard InChI is InChI=1S/C18H17FN2O2/c1-11-6-7-12(2)16(8-11)21-17(22)10-15(18(21)23)20-14-5-3-4-13(19)9-14/h3-9,15,20H,10H2,1-2H3. The highest BCUT2D eigenvalue weighted by Crippen LogP contribution is 2.28. The van der Waals surface area contributed by atoms with Gasteiger partial charge < -0.3 is 5.32 Å². The van der Waals surface area contributed by atoms with Crippen LogP contribution in [0.3, 0.4) is 0 Å². The third kappa shape index (κ3) is 2.95. The molecule has 0 radical (unpaired) electrons. The van der Waals surface area contributed by atoms with E-state index in [2.05, 4.69) is 5.32 Å². The average molecular weight is 312 g/mol. The van der Waals surface area contributed by atoms with Crippen LogP contribution in [0.15, 0.2) is 42.5 Å². The van der Waals surface area contributed by atoms with Crippen LogP contribution in [-0.2, 0) is 9.59 Å². The minimum Gasteiger partial charge on any atom is -0.373 e. The fraction of sp³-hybridized carbons (Fsp3) is 0.222. The summed E-state index contributed by atoms with van der Waals surface area (Å²) in [4.78, 5) is 26.1. The number of carbonyl (C=O) groups is 2. The summed E-state index contributed by atoms with van der Waals surface area (Å²) in [6.07, 6.45) is 0.0583. The first kappa shape index (κ1) is 15.2. The zero-order valence-electron chi connectivity index (χ0n) is 13.0. The van der Waals surface area contributed by atoms with E-state index in [0.717, 1.165) is 11.1 Å². The molecule has 118 valence electrons. The molecule has 0 aliphatic carbocycles. The van der Waals surface area contributed by atoms with Crippen LogP contribution in [0.4, 0.5) is 15.8 Å². The molecule has 1 unspecified atom stereocenters. The van der Waals surface area contributed by atoms with Gasteiger partial charge in [-0.15, -0.1) is 0 Å². The Morgan fingerprint density at radius 3 is 2.65 bits per heavy atom. The molecule has 1 saturated heterocycles. The molecule has 0 saturated carbocycles. The molecule has 2 aromatic rings. The van der Waals surface area contributed by atoms with Crippen molar-refractivity contribution in [2.45, 2.75) is 26.3 Å². The number of hydrogen-bond donors (Lipinski definition) is 1. The van der Waals surface area contributed by atoms with Crippen molar-refractivity contribution in [3.05, 3.63) is 59.4 Å². The van der Waals surface area contributed by atoms with Gasteiger partial charge in [0.1, 0.15) is 11.9 Å². The number of imide groups is 1. The van der Waals surface area contributed by atoms with Gasteiger partial charge in [-0.25, -0.2) is 9.29 Å². The van der Waals surface area contributed by atoms with Crippen LogP contribution in [-0.4, -0.2) is 17.9 Å². The van der Waals surface area contributed by atoms with Crippen molar-refractivity contribution in [2.75, 3.05) is 10.2 Å². The first-order valence-electron chi connectivity index (χ1n) is 7.42. The number of nitrogens with one attached hydrogen (secondary N) is 1. The van der Waals surface area contributed by atoms with Gasteiger partial charge in [0, 0.05) is 5.69 Å². The lowest BCUT2D eigenvalue weighted by Crippen LogP contribution is -2.35. The molecule has 3 rings (SSSR count). The van der Waals surface area contributed by atoms with Gasteiger partial charge in [0.25, 0.3) is 5.91 Å². The van der Waals surface area contributed by atoms with Gasteiger partial charge in [0.05, 0.1) is 12.1 Å². The topological polar surface area (TPSA) is 49.4 Å². The molecular weight excluding hydrogens is 295 g/mol. The van der Waals surface area contributed by atoms with Crippen molar-refractivity contribution in [3.8, 4) is 0 Å². The highest BCUT2D eigenvalue weighted by Gasteiger charge is 2.40. The van der Waals surface area contributed by atoms with Gasteiger partial charge in [-0.3, -0.25) is 9.59 Å². The number of anilines is 2. The Labute approximate surface area is 133 Å². The molecule has 1 aliphatic rings. The molecule has 1 heterocycles. The van der Waals surface area contributed by atoms with E-state index < -0.39 is 11.9 Å². The third-order valence-electron chi connectivity index (χ3n) is 3.92.